The van der Waals surface area contributed by atoms with Crippen LogP contribution < -0.4 is 20.5 Å². The van der Waals surface area contributed by atoms with Crippen LogP contribution in [0.15, 0.2) is 53.3 Å². The molecule has 204 valence electrons. The summed E-state index contributed by atoms with van der Waals surface area (Å²) in [7, 11) is 3.39. The van der Waals surface area contributed by atoms with E-state index < -0.39 is 0 Å². The lowest BCUT2D eigenvalue weighted by atomic mass is 9.88. The van der Waals surface area contributed by atoms with Crippen molar-refractivity contribution >= 4 is 34.5 Å². The summed E-state index contributed by atoms with van der Waals surface area (Å²) < 4.78 is 11.6. The van der Waals surface area contributed by atoms with Gasteiger partial charge >= 0.3 is 0 Å². The summed E-state index contributed by atoms with van der Waals surface area (Å²) in [6.45, 7) is 5.87. The highest BCUT2D eigenvalue weighted by molar-refractivity contribution is 6.41. The molecule has 3 N–H and O–H groups in total. The number of aryl methyl sites for hydroxylation is 2. The number of methoxy groups -OCH3 is 1. The Labute approximate surface area is 234 Å². The number of allylic oxidation sites excluding steroid dienone is 2. The molecule has 1 aliphatic carbocycles. The largest absolute Gasteiger partial charge is 0.494 e. The highest BCUT2D eigenvalue weighted by Gasteiger charge is 2.26. The lowest BCUT2D eigenvalue weighted by molar-refractivity contribution is 0.237. The van der Waals surface area contributed by atoms with Crippen molar-refractivity contribution in [1.29, 1.82) is 0 Å². The van der Waals surface area contributed by atoms with Gasteiger partial charge in [0, 0.05) is 42.7 Å². The lowest BCUT2D eigenvalue weighted by Crippen LogP contribution is -2.25. The number of hydrogen-bond acceptors (Lipinski definition) is 8. The predicted molar refractivity (Wildman–Crippen MR) is 158 cm³/mol. The Balaban J connectivity index is 1.39. The molecule has 0 atom stereocenters. The van der Waals surface area contributed by atoms with Crippen molar-refractivity contribution in [3.63, 3.8) is 0 Å². The number of fused-ring (bicyclic) bond motifs is 1. The van der Waals surface area contributed by atoms with E-state index in [1.54, 1.807) is 14.2 Å². The smallest absolute Gasteiger partial charge is 0.227 e. The summed E-state index contributed by atoms with van der Waals surface area (Å²) in [5.74, 6) is 1.85. The van der Waals surface area contributed by atoms with Gasteiger partial charge < -0.3 is 20.5 Å². The zero-order valence-corrected chi connectivity index (χ0v) is 23.5. The Morgan fingerprint density at radius 1 is 1.18 bits per heavy atom. The van der Waals surface area contributed by atoms with Gasteiger partial charge in [-0.2, -0.15) is 0 Å². The molecule has 9 heteroatoms. The van der Waals surface area contributed by atoms with Crippen LogP contribution in [-0.4, -0.2) is 61.0 Å². The molecule has 1 aliphatic heterocycles. The Morgan fingerprint density at radius 2 is 2.00 bits per heavy atom. The Kier molecular flexibility index (Phi) is 8.33. The Morgan fingerprint density at radius 3 is 2.77 bits per heavy atom. The van der Waals surface area contributed by atoms with Crippen LogP contribution >= 0.6 is 11.6 Å². The SMILES string of the molecule is CN=C(C1=C(N)CCc2cnc(Nc3ccc(OCCN4CCCC4)cc3OC)nc21)c1cccc(C)c1Cl. The molecule has 0 saturated carbocycles. The van der Waals surface area contributed by atoms with Crippen molar-refractivity contribution in [3.8, 4) is 11.5 Å². The fourth-order valence-corrected chi connectivity index (χ4v) is 5.37. The number of aliphatic imine (C=N–C) groups is 1. The van der Waals surface area contributed by atoms with Crippen molar-refractivity contribution in [2.45, 2.75) is 32.6 Å². The maximum atomic E-state index is 6.69. The van der Waals surface area contributed by atoms with E-state index in [1.165, 1.54) is 12.8 Å². The molecule has 0 bridgehead atoms. The van der Waals surface area contributed by atoms with Crippen LogP contribution in [0.5, 0.6) is 11.5 Å². The first-order chi connectivity index (χ1) is 19.0. The molecule has 0 radical (unpaired) electrons. The fourth-order valence-electron chi connectivity index (χ4n) is 5.16. The molecule has 1 fully saturated rings. The van der Waals surface area contributed by atoms with Gasteiger partial charge in [-0.3, -0.25) is 9.89 Å². The third-order valence-electron chi connectivity index (χ3n) is 7.29. The Bertz CT molecular complexity index is 1410. The monoisotopic (exact) mass is 546 g/mol. The molecular formula is C30H35ClN6O2. The van der Waals surface area contributed by atoms with Gasteiger partial charge in [-0.1, -0.05) is 29.8 Å². The topological polar surface area (TPSA) is 97.9 Å². The normalized spacial score (nSPS) is 15.8. The van der Waals surface area contributed by atoms with Crippen molar-refractivity contribution in [2.24, 2.45) is 10.7 Å². The molecule has 1 saturated heterocycles. The van der Waals surface area contributed by atoms with Gasteiger partial charge in [0.15, 0.2) is 0 Å². The van der Waals surface area contributed by atoms with Crippen LogP contribution in [0.25, 0.3) is 5.57 Å². The predicted octanol–water partition coefficient (Wildman–Crippen LogP) is 5.40. The number of aromatic nitrogens is 2. The van der Waals surface area contributed by atoms with Crippen LogP contribution in [0.2, 0.25) is 5.02 Å². The van der Waals surface area contributed by atoms with E-state index in [0.29, 0.717) is 29.7 Å². The molecule has 5 rings (SSSR count). The molecule has 0 spiro atoms. The number of likely N-dealkylation sites (tertiary alicyclic amines) is 1. The van der Waals surface area contributed by atoms with Gasteiger partial charge in [-0.15, -0.1) is 0 Å². The zero-order chi connectivity index (χ0) is 27.4. The number of hydrogen-bond donors (Lipinski definition) is 2. The minimum atomic E-state index is 0.438. The van der Waals surface area contributed by atoms with Crippen molar-refractivity contribution in [1.82, 2.24) is 14.9 Å². The van der Waals surface area contributed by atoms with Crippen molar-refractivity contribution in [3.05, 3.63) is 75.7 Å². The number of anilines is 2. The number of ether oxygens (including phenoxy) is 2. The Hall–Kier alpha value is -3.62. The number of rotatable bonds is 9. The van der Waals surface area contributed by atoms with Gasteiger partial charge in [0.25, 0.3) is 0 Å². The molecular weight excluding hydrogens is 512 g/mol. The quantitative estimate of drug-likeness (QED) is 0.347. The number of nitrogens with zero attached hydrogens (tertiary/aromatic N) is 4. The lowest BCUT2D eigenvalue weighted by Gasteiger charge is -2.23. The number of nitrogens with one attached hydrogen (secondary N) is 1. The molecule has 8 nitrogen and oxygen atoms in total. The van der Waals surface area contributed by atoms with Crippen LogP contribution in [0.4, 0.5) is 11.6 Å². The molecule has 0 unspecified atom stereocenters. The van der Waals surface area contributed by atoms with E-state index in [1.807, 2.05) is 49.5 Å². The fraction of sp³-hybridized carbons (Fsp3) is 0.367. The molecule has 0 amide bonds. The van der Waals surface area contributed by atoms with Crippen LogP contribution in [0.1, 0.15) is 41.6 Å². The van der Waals surface area contributed by atoms with E-state index in [2.05, 4.69) is 20.2 Å². The average Bonchev–Trinajstić information content (AvgIpc) is 3.47. The summed E-state index contributed by atoms with van der Waals surface area (Å²) in [4.78, 5) is 16.5. The maximum Gasteiger partial charge on any atom is 0.227 e. The summed E-state index contributed by atoms with van der Waals surface area (Å²) >= 11 is 6.69. The second-order valence-corrected chi connectivity index (χ2v) is 10.2. The summed E-state index contributed by atoms with van der Waals surface area (Å²) in [6, 6.07) is 11.7. The molecule has 1 aromatic heterocycles. The first kappa shape index (κ1) is 27.0. The van der Waals surface area contributed by atoms with Gasteiger partial charge in [0.05, 0.1) is 29.2 Å². The third kappa shape index (κ3) is 5.87. The van der Waals surface area contributed by atoms with Crippen LogP contribution in [0, 0.1) is 6.92 Å². The highest BCUT2D eigenvalue weighted by atomic mass is 35.5. The summed E-state index contributed by atoms with van der Waals surface area (Å²) in [5.41, 5.74) is 13.2. The standard InChI is InChI=1S/C30H35ClN6O2/c1-19-7-6-8-22(27(19)31)29(33-2)26-23(32)11-9-20-18-34-30(36-28(20)26)35-24-12-10-21(17-25(24)38-3)39-16-15-37-13-4-5-14-37/h6-8,10,12,17-18H,4-5,9,11,13-16,32H2,1-3H3,(H,34,35,36). The number of halogens is 1. The van der Waals surface area contributed by atoms with Crippen molar-refractivity contribution in [2.75, 3.05) is 45.7 Å². The second kappa shape index (κ2) is 12.1. The number of nitrogens with two attached hydrogens (primary N) is 1. The van der Waals surface area contributed by atoms with Gasteiger partial charge in [0.2, 0.25) is 5.95 Å². The van der Waals surface area contributed by atoms with Gasteiger partial charge in [-0.05, 0) is 69.0 Å². The number of benzene rings is 2. The highest BCUT2D eigenvalue weighted by Crippen LogP contribution is 2.35. The van der Waals surface area contributed by atoms with E-state index in [0.717, 1.165) is 76.9 Å². The zero-order valence-electron chi connectivity index (χ0n) is 22.8. The van der Waals surface area contributed by atoms with E-state index in [4.69, 9.17) is 31.8 Å². The molecule has 3 aromatic rings. The first-order valence-electron chi connectivity index (χ1n) is 13.4. The van der Waals surface area contributed by atoms with Crippen LogP contribution in [0.3, 0.4) is 0 Å². The maximum absolute atomic E-state index is 6.69. The van der Waals surface area contributed by atoms with E-state index in [9.17, 15) is 0 Å². The minimum Gasteiger partial charge on any atom is -0.494 e. The average molecular weight is 547 g/mol. The van der Waals surface area contributed by atoms with Gasteiger partial charge in [-0.25, -0.2) is 9.97 Å². The van der Waals surface area contributed by atoms with Gasteiger partial charge in [0.1, 0.15) is 18.1 Å². The second-order valence-electron chi connectivity index (χ2n) is 9.86. The van der Waals surface area contributed by atoms with E-state index in [-0.39, 0.29) is 0 Å². The van der Waals surface area contributed by atoms with Crippen molar-refractivity contribution < 1.29 is 9.47 Å². The summed E-state index contributed by atoms with van der Waals surface area (Å²) in [6.07, 6.45) is 5.86. The first-order valence-corrected chi connectivity index (χ1v) is 13.7. The van der Waals surface area contributed by atoms with Crippen LogP contribution in [-0.2, 0) is 6.42 Å². The third-order valence-corrected chi connectivity index (χ3v) is 7.79. The van der Waals surface area contributed by atoms with E-state index >= 15 is 0 Å². The summed E-state index contributed by atoms with van der Waals surface area (Å²) in [5, 5.41) is 3.97. The minimum absolute atomic E-state index is 0.438. The molecule has 39 heavy (non-hydrogen) atoms. The molecule has 2 aliphatic rings. The molecule has 2 aromatic carbocycles. The molecule has 2 heterocycles.